The lowest BCUT2D eigenvalue weighted by Gasteiger charge is -2.28. The third kappa shape index (κ3) is 70.8. The molecular weight excluding hydrogens is 1090 g/mol. The summed E-state index contributed by atoms with van der Waals surface area (Å²) in [4.78, 5) is 38.1. The number of nitrogens with zero attached hydrogens (tertiary/aromatic N) is 1. The maximum atomic E-state index is 12.9. The van der Waals surface area contributed by atoms with Gasteiger partial charge in [0.1, 0.15) is 19.8 Å². The number of phosphoric ester groups is 1. The molecule has 504 valence electrons. The maximum absolute atomic E-state index is 12.9. The fraction of sp³-hybridized carbons (Fsp3) is 0.842. The molecule has 9 nitrogen and oxygen atoms in total. The summed E-state index contributed by atoms with van der Waals surface area (Å²) in [6, 6.07) is 0. The Balaban J connectivity index is 3.97. The number of phosphoric acid groups is 1. The molecule has 0 aromatic carbocycles. The van der Waals surface area contributed by atoms with Crippen LogP contribution in [-0.4, -0.2) is 70.0 Å². The second kappa shape index (κ2) is 67.1. The van der Waals surface area contributed by atoms with Crippen LogP contribution in [0.1, 0.15) is 361 Å². The van der Waals surface area contributed by atoms with Gasteiger partial charge in [0, 0.05) is 12.8 Å². The molecule has 2 unspecified atom stereocenters. The first-order valence-corrected chi connectivity index (χ1v) is 38.5. The molecule has 0 aliphatic carbocycles. The minimum Gasteiger partial charge on any atom is -0.756 e. The molecule has 0 aromatic rings. The van der Waals surface area contributed by atoms with Crippen LogP contribution in [0, 0.1) is 0 Å². The van der Waals surface area contributed by atoms with E-state index in [4.69, 9.17) is 18.5 Å². The molecule has 0 amide bonds. The van der Waals surface area contributed by atoms with Crippen molar-refractivity contribution in [1.82, 2.24) is 0 Å². The van der Waals surface area contributed by atoms with Crippen LogP contribution in [0.4, 0.5) is 0 Å². The highest BCUT2D eigenvalue weighted by atomic mass is 31.2. The fourth-order valence-corrected chi connectivity index (χ4v) is 11.7. The first kappa shape index (κ1) is 83.7. The molecule has 0 N–H and O–H groups in total. The largest absolute Gasteiger partial charge is 0.756 e. The Labute approximate surface area is 534 Å². The zero-order chi connectivity index (χ0) is 62.6. The molecule has 0 radical (unpaired) electrons. The smallest absolute Gasteiger partial charge is 0.306 e. The number of likely N-dealkylation sites (N-methyl/N-ethyl adjacent to an activating group) is 1. The summed E-state index contributed by atoms with van der Waals surface area (Å²) in [6.45, 7) is 4.19. The van der Waals surface area contributed by atoms with Gasteiger partial charge >= 0.3 is 11.9 Å². The number of esters is 2. The van der Waals surface area contributed by atoms with Crippen LogP contribution in [-0.2, 0) is 32.7 Å². The second-order valence-corrected chi connectivity index (χ2v) is 27.7. The molecule has 0 aliphatic rings. The van der Waals surface area contributed by atoms with Crippen molar-refractivity contribution in [2.75, 3.05) is 47.5 Å². The minimum atomic E-state index is -4.64. The van der Waals surface area contributed by atoms with Crippen LogP contribution in [0.25, 0.3) is 0 Å². The fourth-order valence-electron chi connectivity index (χ4n) is 10.9. The van der Waals surface area contributed by atoms with Gasteiger partial charge in [0.25, 0.3) is 7.82 Å². The third-order valence-electron chi connectivity index (χ3n) is 16.6. The molecule has 0 fully saturated rings. The quantitative estimate of drug-likeness (QED) is 0.0195. The lowest BCUT2D eigenvalue weighted by molar-refractivity contribution is -0.870. The molecule has 0 heterocycles. The Morgan fingerprint density at radius 1 is 0.372 bits per heavy atom. The van der Waals surface area contributed by atoms with E-state index in [0.29, 0.717) is 17.4 Å². The van der Waals surface area contributed by atoms with Crippen molar-refractivity contribution in [3.63, 3.8) is 0 Å². The summed E-state index contributed by atoms with van der Waals surface area (Å²) in [7, 11) is 1.18. The van der Waals surface area contributed by atoms with E-state index in [1.165, 1.54) is 257 Å². The van der Waals surface area contributed by atoms with E-state index in [-0.39, 0.29) is 32.0 Å². The Morgan fingerprint density at radius 3 is 0.988 bits per heavy atom. The van der Waals surface area contributed by atoms with E-state index < -0.39 is 26.5 Å². The van der Waals surface area contributed by atoms with Crippen molar-refractivity contribution in [2.24, 2.45) is 0 Å². The van der Waals surface area contributed by atoms with Gasteiger partial charge in [-0.05, 0) is 57.8 Å². The maximum Gasteiger partial charge on any atom is 0.306 e. The van der Waals surface area contributed by atoms with Gasteiger partial charge in [-0.2, -0.15) is 0 Å². The molecule has 10 heteroatoms. The molecule has 0 saturated heterocycles. The molecule has 2 atom stereocenters. The second-order valence-electron chi connectivity index (χ2n) is 26.3. The first-order chi connectivity index (χ1) is 42.0. The number of unbranched alkanes of at least 4 members (excludes halogenated alkanes) is 45. The summed E-state index contributed by atoms with van der Waals surface area (Å²) >= 11 is 0. The van der Waals surface area contributed by atoms with Crippen molar-refractivity contribution < 1.29 is 42.1 Å². The van der Waals surface area contributed by atoms with Gasteiger partial charge in [-0.15, -0.1) is 0 Å². The monoisotopic (exact) mass is 1230 g/mol. The highest BCUT2D eigenvalue weighted by Crippen LogP contribution is 2.38. The van der Waals surface area contributed by atoms with E-state index in [9.17, 15) is 19.0 Å². The number of allylic oxidation sites excluding steroid dienone is 10. The number of quaternary nitrogens is 1. The summed E-state index contributed by atoms with van der Waals surface area (Å²) < 4.78 is 34.4. The average molecular weight is 1230 g/mol. The minimum absolute atomic E-state index is 0.0304. The molecule has 0 saturated carbocycles. The molecule has 0 rings (SSSR count). The van der Waals surface area contributed by atoms with Crippen molar-refractivity contribution >= 4 is 19.8 Å². The highest BCUT2D eigenvalue weighted by molar-refractivity contribution is 7.45. The zero-order valence-electron chi connectivity index (χ0n) is 57.5. The first-order valence-electron chi connectivity index (χ1n) is 37.0. The molecule has 0 aliphatic heterocycles. The number of hydrogen-bond acceptors (Lipinski definition) is 8. The van der Waals surface area contributed by atoms with Crippen LogP contribution in [0.15, 0.2) is 60.8 Å². The normalized spacial score (nSPS) is 13.4. The van der Waals surface area contributed by atoms with Gasteiger partial charge in [0.2, 0.25) is 0 Å². The van der Waals surface area contributed by atoms with Crippen molar-refractivity contribution in [3.05, 3.63) is 60.8 Å². The third-order valence-corrected chi connectivity index (χ3v) is 17.5. The number of rotatable bonds is 69. The van der Waals surface area contributed by atoms with E-state index in [1.807, 2.05) is 21.1 Å². The zero-order valence-corrected chi connectivity index (χ0v) is 58.4. The van der Waals surface area contributed by atoms with E-state index in [0.717, 1.165) is 70.6 Å². The van der Waals surface area contributed by atoms with E-state index >= 15 is 0 Å². The summed E-state index contributed by atoms with van der Waals surface area (Å²) in [5.41, 5.74) is 0. The Bertz CT molecular complexity index is 1630. The van der Waals surface area contributed by atoms with Gasteiger partial charge in [-0.1, -0.05) is 351 Å². The SMILES string of the molecule is CC/C=C\C/C=C\C/C=C\C/C=C\C/C=C\CCCCCCCCCCCCCCCC(=O)OC(COC(=O)CCCCCCCCCCCCCCCCCCCCCCCCCCCCCCCCCCC)COP(=O)([O-])OCC[N+](C)(C)C. The van der Waals surface area contributed by atoms with Gasteiger partial charge in [0.15, 0.2) is 6.10 Å². The van der Waals surface area contributed by atoms with Crippen LogP contribution in [0.2, 0.25) is 0 Å². The van der Waals surface area contributed by atoms with E-state index in [2.05, 4.69) is 74.6 Å². The lowest BCUT2D eigenvalue weighted by atomic mass is 10.0. The van der Waals surface area contributed by atoms with Crippen molar-refractivity contribution in [1.29, 1.82) is 0 Å². The number of hydrogen-bond donors (Lipinski definition) is 0. The predicted octanol–water partition coefficient (Wildman–Crippen LogP) is 23.5. The molecule has 0 aromatic heterocycles. The summed E-state index contributed by atoms with van der Waals surface area (Å²) in [5, 5.41) is 0. The van der Waals surface area contributed by atoms with Crippen LogP contribution < -0.4 is 4.89 Å². The van der Waals surface area contributed by atoms with Crippen molar-refractivity contribution in [2.45, 2.75) is 367 Å². The lowest BCUT2D eigenvalue weighted by Crippen LogP contribution is -2.37. The molecular formula is C76H142NO8P. The number of carbonyl (C=O) groups is 2. The number of ether oxygens (including phenoxy) is 2. The van der Waals surface area contributed by atoms with Gasteiger partial charge in [-0.3, -0.25) is 14.2 Å². The van der Waals surface area contributed by atoms with Gasteiger partial charge < -0.3 is 27.9 Å². The molecule has 0 spiro atoms. The van der Waals surface area contributed by atoms with Gasteiger partial charge in [-0.25, -0.2) is 0 Å². The van der Waals surface area contributed by atoms with Crippen molar-refractivity contribution in [3.8, 4) is 0 Å². The summed E-state index contributed by atoms with van der Waals surface area (Å²) in [5.74, 6) is -0.818. The molecule has 86 heavy (non-hydrogen) atoms. The highest BCUT2D eigenvalue weighted by Gasteiger charge is 2.22. The molecule has 0 bridgehead atoms. The average Bonchev–Trinajstić information content (AvgIpc) is 3.67. The Hall–Kier alpha value is -2.29. The summed E-state index contributed by atoms with van der Waals surface area (Å²) in [6.07, 6.45) is 89.0. The van der Waals surface area contributed by atoms with Crippen LogP contribution in [0.3, 0.4) is 0 Å². The Morgan fingerprint density at radius 2 is 0.663 bits per heavy atom. The number of carbonyl (C=O) groups excluding carboxylic acids is 2. The van der Waals surface area contributed by atoms with Gasteiger partial charge in [0.05, 0.1) is 27.7 Å². The van der Waals surface area contributed by atoms with E-state index in [1.54, 1.807) is 0 Å². The predicted molar refractivity (Wildman–Crippen MR) is 370 cm³/mol. The van der Waals surface area contributed by atoms with Crippen LogP contribution >= 0.6 is 7.82 Å². The Kier molecular flexibility index (Phi) is 65.3. The standard InChI is InChI=1S/C76H142NO8P/c1-6-8-10-12-14-16-18-20-22-24-26-28-30-32-34-36-37-38-39-41-42-44-46-48-50-52-54-56-58-60-62-64-66-68-75(78)82-72-74(73-84-86(80,81)83-71-70-77(3,4)5)85-76(79)69-67-65-63-61-59-57-55-53-51-49-47-45-43-40-35-33-31-29-27-25-23-21-19-17-15-13-11-9-7-2/h9,11,15,17,21,23,27,29,33,35,74H,6-8,10,12-14,16,18-20,22,24-26,28,30-32,34,36-73H2,1-5H3/b11-9-,17-15-,23-21-,29-27-,35-33-. The van der Waals surface area contributed by atoms with Crippen LogP contribution in [0.5, 0.6) is 0 Å². The topological polar surface area (TPSA) is 111 Å².